The van der Waals surface area contributed by atoms with Gasteiger partial charge in [-0.15, -0.1) is 0 Å². The summed E-state index contributed by atoms with van der Waals surface area (Å²) in [5.41, 5.74) is 6.45. The molecule has 0 heterocycles. The Morgan fingerprint density at radius 2 is 1.71 bits per heavy atom. The van der Waals surface area contributed by atoms with Crippen molar-refractivity contribution in [1.29, 1.82) is 0 Å². The summed E-state index contributed by atoms with van der Waals surface area (Å²) in [6, 6.07) is 20.6. The fraction of sp³-hybridized carbons (Fsp3) is 0.296. The van der Waals surface area contributed by atoms with Crippen LogP contribution in [-0.2, 0) is 13.0 Å². The number of benzene rings is 3. The summed E-state index contributed by atoms with van der Waals surface area (Å²) in [6.45, 7) is 4.13. The van der Waals surface area contributed by atoms with E-state index in [1.165, 1.54) is 28.8 Å². The fourth-order valence-corrected chi connectivity index (χ4v) is 4.24. The summed E-state index contributed by atoms with van der Waals surface area (Å²) in [6.07, 6.45) is 3.10. The molecule has 1 aliphatic carbocycles. The maximum atomic E-state index is 13.1. The average molecular weight is 417 g/mol. The van der Waals surface area contributed by atoms with E-state index in [1.54, 1.807) is 12.1 Å². The molecule has 4 rings (SSSR count). The molecule has 0 fully saturated rings. The lowest BCUT2D eigenvalue weighted by Gasteiger charge is -2.27. The molecule has 1 N–H and O–H groups in total. The second-order valence-corrected chi connectivity index (χ2v) is 8.37. The van der Waals surface area contributed by atoms with E-state index < -0.39 is 0 Å². The Balaban J connectivity index is 1.46. The smallest absolute Gasteiger partial charge is 0.251 e. The highest BCUT2D eigenvalue weighted by Gasteiger charge is 2.22. The number of aryl methyl sites for hydroxylation is 1. The molecule has 1 atom stereocenters. The van der Waals surface area contributed by atoms with Gasteiger partial charge in [-0.05, 0) is 84.9 Å². The highest BCUT2D eigenvalue weighted by molar-refractivity contribution is 5.95. The van der Waals surface area contributed by atoms with E-state index in [4.69, 9.17) is 0 Å². The summed E-state index contributed by atoms with van der Waals surface area (Å²) >= 11 is 0. The van der Waals surface area contributed by atoms with Gasteiger partial charge in [0.15, 0.2) is 0 Å². The third-order valence-corrected chi connectivity index (χ3v) is 6.14. The normalized spacial score (nSPS) is 15.5. The zero-order valence-corrected chi connectivity index (χ0v) is 18.2. The molecule has 0 spiro atoms. The van der Waals surface area contributed by atoms with Gasteiger partial charge in [0.25, 0.3) is 5.91 Å². The highest BCUT2D eigenvalue weighted by Crippen LogP contribution is 2.31. The number of halogens is 1. The average Bonchev–Trinajstić information content (AvgIpc) is 2.79. The van der Waals surface area contributed by atoms with Crippen LogP contribution in [0.1, 0.15) is 52.9 Å². The molecule has 0 bridgehead atoms. The van der Waals surface area contributed by atoms with Crippen LogP contribution in [0.15, 0.2) is 66.7 Å². The summed E-state index contributed by atoms with van der Waals surface area (Å²) in [5.74, 6) is -0.310. The van der Waals surface area contributed by atoms with Crippen molar-refractivity contribution < 1.29 is 9.18 Å². The zero-order chi connectivity index (χ0) is 21.8. The second kappa shape index (κ2) is 9.44. The molecular formula is C27H29FN2O. The van der Waals surface area contributed by atoms with Crippen LogP contribution in [0.3, 0.4) is 0 Å². The predicted molar refractivity (Wildman–Crippen MR) is 123 cm³/mol. The van der Waals surface area contributed by atoms with Crippen LogP contribution >= 0.6 is 0 Å². The molecule has 1 amide bonds. The predicted octanol–water partition coefficient (Wildman–Crippen LogP) is 5.75. The van der Waals surface area contributed by atoms with Crippen molar-refractivity contribution in [2.24, 2.45) is 0 Å². The van der Waals surface area contributed by atoms with Crippen LogP contribution < -0.4 is 5.32 Å². The maximum Gasteiger partial charge on any atom is 0.251 e. The maximum absolute atomic E-state index is 13.1. The van der Waals surface area contributed by atoms with Gasteiger partial charge in [-0.3, -0.25) is 4.79 Å². The summed E-state index contributed by atoms with van der Waals surface area (Å²) in [7, 11) is 2.13. The number of amides is 1. The first-order chi connectivity index (χ1) is 15.0. The topological polar surface area (TPSA) is 32.3 Å². The standard InChI is InChI=1S/C27H29FN2O/c1-3-30(2)18-19-7-16-25-23(17-19)5-4-6-26(25)29-27(31)22-10-8-20(9-11-22)21-12-14-24(28)15-13-21/h7-17,26H,3-6,18H2,1-2H3,(H,29,31). The molecule has 0 saturated heterocycles. The van der Waals surface area contributed by atoms with Gasteiger partial charge in [0, 0.05) is 12.1 Å². The van der Waals surface area contributed by atoms with Gasteiger partial charge in [0.2, 0.25) is 0 Å². The molecule has 160 valence electrons. The number of fused-ring (bicyclic) bond motifs is 1. The molecular weight excluding hydrogens is 387 g/mol. The van der Waals surface area contributed by atoms with Crippen LogP contribution in [0.25, 0.3) is 11.1 Å². The van der Waals surface area contributed by atoms with Crippen LogP contribution in [0.4, 0.5) is 4.39 Å². The highest BCUT2D eigenvalue weighted by atomic mass is 19.1. The zero-order valence-electron chi connectivity index (χ0n) is 18.2. The van der Waals surface area contributed by atoms with Crippen molar-refractivity contribution in [3.63, 3.8) is 0 Å². The first-order valence-electron chi connectivity index (χ1n) is 11.0. The van der Waals surface area contributed by atoms with Crippen LogP contribution in [0.2, 0.25) is 0 Å². The third-order valence-electron chi connectivity index (χ3n) is 6.14. The number of rotatable bonds is 6. The van der Waals surface area contributed by atoms with Crippen molar-refractivity contribution in [3.05, 3.63) is 94.8 Å². The third kappa shape index (κ3) is 5.02. The monoisotopic (exact) mass is 416 g/mol. The van der Waals surface area contributed by atoms with Crippen LogP contribution in [0, 0.1) is 5.82 Å². The van der Waals surface area contributed by atoms with E-state index >= 15 is 0 Å². The molecule has 0 aliphatic heterocycles. The summed E-state index contributed by atoms with van der Waals surface area (Å²) < 4.78 is 13.1. The molecule has 1 unspecified atom stereocenters. The molecule has 0 radical (unpaired) electrons. The molecule has 3 nitrogen and oxygen atoms in total. The molecule has 3 aromatic carbocycles. The van der Waals surface area contributed by atoms with E-state index in [1.807, 2.05) is 24.3 Å². The van der Waals surface area contributed by atoms with E-state index in [0.717, 1.165) is 43.5 Å². The minimum atomic E-state index is -0.253. The SMILES string of the molecule is CCN(C)Cc1ccc2c(c1)CCCC2NC(=O)c1ccc(-c2ccc(F)cc2)cc1. The lowest BCUT2D eigenvalue weighted by atomic mass is 9.86. The number of hydrogen-bond donors (Lipinski definition) is 1. The summed E-state index contributed by atoms with van der Waals surface area (Å²) in [4.78, 5) is 15.2. The molecule has 0 saturated carbocycles. The largest absolute Gasteiger partial charge is 0.345 e. The lowest BCUT2D eigenvalue weighted by Crippen LogP contribution is -2.31. The van der Waals surface area contributed by atoms with Gasteiger partial charge in [-0.1, -0.05) is 49.4 Å². The van der Waals surface area contributed by atoms with Crippen molar-refractivity contribution >= 4 is 5.91 Å². The molecule has 31 heavy (non-hydrogen) atoms. The van der Waals surface area contributed by atoms with Crippen LogP contribution in [-0.4, -0.2) is 24.4 Å². The Kier molecular flexibility index (Phi) is 6.47. The van der Waals surface area contributed by atoms with E-state index in [9.17, 15) is 9.18 Å². The first kappa shape index (κ1) is 21.3. The number of carbonyl (C=O) groups is 1. The van der Waals surface area contributed by atoms with Crippen molar-refractivity contribution in [2.45, 2.75) is 38.8 Å². The quantitative estimate of drug-likeness (QED) is 0.555. The van der Waals surface area contributed by atoms with Gasteiger partial charge < -0.3 is 10.2 Å². The van der Waals surface area contributed by atoms with Crippen LogP contribution in [0.5, 0.6) is 0 Å². The number of nitrogens with one attached hydrogen (secondary N) is 1. The van der Waals surface area contributed by atoms with Gasteiger partial charge in [-0.25, -0.2) is 4.39 Å². The van der Waals surface area contributed by atoms with Crippen molar-refractivity contribution in [1.82, 2.24) is 10.2 Å². The van der Waals surface area contributed by atoms with E-state index in [2.05, 4.69) is 42.4 Å². The Morgan fingerprint density at radius 3 is 2.39 bits per heavy atom. The first-order valence-corrected chi connectivity index (χ1v) is 11.0. The minimum absolute atomic E-state index is 0.0472. The molecule has 0 aromatic heterocycles. The van der Waals surface area contributed by atoms with E-state index in [0.29, 0.717) is 5.56 Å². The van der Waals surface area contributed by atoms with Crippen molar-refractivity contribution in [2.75, 3.05) is 13.6 Å². The molecule has 1 aliphatic rings. The van der Waals surface area contributed by atoms with E-state index in [-0.39, 0.29) is 17.8 Å². The van der Waals surface area contributed by atoms with Gasteiger partial charge in [-0.2, -0.15) is 0 Å². The minimum Gasteiger partial charge on any atom is -0.345 e. The Morgan fingerprint density at radius 1 is 1.03 bits per heavy atom. The summed E-state index contributed by atoms with van der Waals surface area (Å²) in [5, 5.41) is 3.23. The van der Waals surface area contributed by atoms with Gasteiger partial charge in [0.05, 0.1) is 6.04 Å². The number of hydrogen-bond acceptors (Lipinski definition) is 2. The Labute approximate surface area is 183 Å². The fourth-order valence-electron chi connectivity index (χ4n) is 4.24. The molecule has 4 heteroatoms. The molecule has 3 aromatic rings. The van der Waals surface area contributed by atoms with Gasteiger partial charge >= 0.3 is 0 Å². The lowest BCUT2D eigenvalue weighted by molar-refractivity contribution is 0.0933. The Bertz CT molecular complexity index is 1040. The second-order valence-electron chi connectivity index (χ2n) is 8.37. The van der Waals surface area contributed by atoms with Crippen molar-refractivity contribution in [3.8, 4) is 11.1 Å². The number of nitrogens with zero attached hydrogens (tertiary/aromatic N) is 1. The van der Waals surface area contributed by atoms with Gasteiger partial charge in [0.1, 0.15) is 5.82 Å². The number of carbonyl (C=O) groups excluding carboxylic acids is 1. The Hall–Kier alpha value is -2.98.